The third kappa shape index (κ3) is 4.17. The molecule has 0 aliphatic rings. The Kier molecular flexibility index (Phi) is 5.80. The number of para-hydroxylation sites is 2. The highest BCUT2D eigenvalue weighted by Gasteiger charge is 2.19. The largest absolute Gasteiger partial charge is 0.495 e. The Labute approximate surface area is 160 Å². The lowest BCUT2D eigenvalue weighted by atomic mass is 10.3. The molecule has 1 N–H and O–H groups in total. The highest BCUT2D eigenvalue weighted by molar-refractivity contribution is 8.00. The van der Waals surface area contributed by atoms with Crippen LogP contribution in [0, 0.1) is 0 Å². The second-order valence-corrected chi connectivity index (χ2v) is 7.16. The van der Waals surface area contributed by atoms with E-state index < -0.39 is 0 Å². The summed E-state index contributed by atoms with van der Waals surface area (Å²) in [5.41, 5.74) is 1.46. The van der Waals surface area contributed by atoms with Crippen LogP contribution >= 0.6 is 23.4 Å². The van der Waals surface area contributed by atoms with E-state index >= 15 is 0 Å². The van der Waals surface area contributed by atoms with Crippen LogP contribution in [-0.2, 0) is 4.79 Å². The number of hydrogen-bond acceptors (Lipinski definition) is 5. The lowest BCUT2D eigenvalue weighted by Crippen LogP contribution is -2.23. The number of benzene rings is 2. The molecule has 8 heteroatoms. The van der Waals surface area contributed by atoms with Crippen molar-refractivity contribution in [3.63, 3.8) is 0 Å². The van der Waals surface area contributed by atoms with Crippen LogP contribution in [0.2, 0.25) is 5.02 Å². The number of methoxy groups -OCH3 is 1. The summed E-state index contributed by atoms with van der Waals surface area (Å²) < 4.78 is 7.05. The SMILES string of the molecule is COc1ccccc1NC(=O)C(C)Sc1nncn1-c1cccc(Cl)c1. The lowest BCUT2D eigenvalue weighted by molar-refractivity contribution is -0.115. The molecule has 1 atom stereocenters. The number of ether oxygens (including phenoxy) is 1. The summed E-state index contributed by atoms with van der Waals surface area (Å²) in [6.45, 7) is 1.81. The summed E-state index contributed by atoms with van der Waals surface area (Å²) in [5, 5.41) is 11.8. The first kappa shape index (κ1) is 18.3. The van der Waals surface area contributed by atoms with Crippen molar-refractivity contribution in [2.75, 3.05) is 12.4 Å². The normalized spacial score (nSPS) is 11.8. The fourth-order valence-corrected chi connectivity index (χ4v) is 3.33. The lowest BCUT2D eigenvalue weighted by Gasteiger charge is -2.14. The molecule has 3 rings (SSSR count). The number of halogens is 1. The molecule has 0 spiro atoms. The van der Waals surface area contributed by atoms with Gasteiger partial charge in [0.25, 0.3) is 0 Å². The third-order valence-corrected chi connectivity index (χ3v) is 4.91. The molecule has 2 aromatic carbocycles. The number of amides is 1. The molecule has 0 radical (unpaired) electrons. The zero-order chi connectivity index (χ0) is 18.5. The van der Waals surface area contributed by atoms with Crippen molar-refractivity contribution in [3.8, 4) is 11.4 Å². The number of nitrogens with zero attached hydrogens (tertiary/aromatic N) is 3. The zero-order valence-electron chi connectivity index (χ0n) is 14.2. The Morgan fingerprint density at radius 2 is 2.08 bits per heavy atom. The van der Waals surface area contributed by atoms with Gasteiger partial charge in [0.05, 0.1) is 23.7 Å². The van der Waals surface area contributed by atoms with Crippen molar-refractivity contribution in [2.24, 2.45) is 0 Å². The quantitative estimate of drug-likeness (QED) is 0.645. The minimum atomic E-state index is -0.387. The molecule has 134 valence electrons. The van der Waals surface area contributed by atoms with Crippen molar-refractivity contribution in [1.29, 1.82) is 0 Å². The van der Waals surface area contributed by atoms with Gasteiger partial charge in [-0.25, -0.2) is 0 Å². The standard InChI is InChI=1S/C18H17ClN4O2S/c1-12(17(24)21-15-8-3-4-9-16(15)25-2)26-18-22-20-11-23(18)14-7-5-6-13(19)10-14/h3-12H,1-2H3,(H,21,24). The van der Waals surface area contributed by atoms with Gasteiger partial charge in [0.2, 0.25) is 5.91 Å². The van der Waals surface area contributed by atoms with E-state index in [-0.39, 0.29) is 11.2 Å². The maximum Gasteiger partial charge on any atom is 0.237 e. The molecule has 3 aromatic rings. The van der Waals surface area contributed by atoms with Crippen molar-refractivity contribution in [2.45, 2.75) is 17.3 Å². The van der Waals surface area contributed by atoms with Gasteiger partial charge in [-0.15, -0.1) is 10.2 Å². The first-order chi connectivity index (χ1) is 12.6. The van der Waals surface area contributed by atoms with Crippen molar-refractivity contribution >= 4 is 35.0 Å². The fourth-order valence-electron chi connectivity index (χ4n) is 2.30. The van der Waals surface area contributed by atoms with Crippen molar-refractivity contribution in [1.82, 2.24) is 14.8 Å². The van der Waals surface area contributed by atoms with Crippen LogP contribution in [0.1, 0.15) is 6.92 Å². The van der Waals surface area contributed by atoms with E-state index in [2.05, 4.69) is 15.5 Å². The van der Waals surface area contributed by atoms with Gasteiger partial charge in [0.15, 0.2) is 5.16 Å². The Morgan fingerprint density at radius 3 is 2.85 bits per heavy atom. The number of carbonyl (C=O) groups is 1. The molecule has 0 aliphatic heterocycles. The monoisotopic (exact) mass is 388 g/mol. The molecule has 26 heavy (non-hydrogen) atoms. The Bertz CT molecular complexity index is 915. The van der Waals surface area contributed by atoms with E-state index in [1.807, 2.05) is 37.3 Å². The van der Waals surface area contributed by atoms with Crippen LogP contribution in [0.4, 0.5) is 5.69 Å². The highest BCUT2D eigenvalue weighted by atomic mass is 35.5. The second kappa shape index (κ2) is 8.25. The van der Waals surface area contributed by atoms with Crippen LogP contribution in [0.5, 0.6) is 5.75 Å². The molecule has 0 bridgehead atoms. The van der Waals surface area contributed by atoms with Gasteiger partial charge in [-0.05, 0) is 37.3 Å². The van der Waals surface area contributed by atoms with Crippen LogP contribution in [0.3, 0.4) is 0 Å². The van der Waals surface area contributed by atoms with Gasteiger partial charge >= 0.3 is 0 Å². The topological polar surface area (TPSA) is 69.0 Å². The molecule has 1 aromatic heterocycles. The van der Waals surface area contributed by atoms with Gasteiger partial charge in [0.1, 0.15) is 12.1 Å². The molecule has 0 fully saturated rings. The van der Waals surface area contributed by atoms with Gasteiger partial charge in [-0.1, -0.05) is 41.6 Å². The molecular formula is C18H17ClN4O2S. The number of nitrogens with one attached hydrogen (secondary N) is 1. The number of anilines is 1. The number of hydrogen-bond donors (Lipinski definition) is 1. The van der Waals surface area contributed by atoms with Gasteiger partial charge in [-0.2, -0.15) is 0 Å². The third-order valence-electron chi connectivity index (χ3n) is 3.62. The number of aromatic nitrogens is 3. The van der Waals surface area contributed by atoms with Crippen LogP contribution < -0.4 is 10.1 Å². The highest BCUT2D eigenvalue weighted by Crippen LogP contribution is 2.28. The first-order valence-corrected chi connectivity index (χ1v) is 9.10. The number of thioether (sulfide) groups is 1. The Balaban J connectivity index is 1.73. The Morgan fingerprint density at radius 1 is 1.27 bits per heavy atom. The Hall–Kier alpha value is -2.51. The summed E-state index contributed by atoms with van der Waals surface area (Å²) >= 11 is 7.36. The van der Waals surface area contributed by atoms with E-state index in [4.69, 9.17) is 16.3 Å². The second-order valence-electron chi connectivity index (χ2n) is 5.41. The van der Waals surface area contributed by atoms with Gasteiger partial charge < -0.3 is 10.1 Å². The van der Waals surface area contributed by atoms with Crippen LogP contribution in [0.15, 0.2) is 60.0 Å². The average molecular weight is 389 g/mol. The minimum absolute atomic E-state index is 0.153. The van der Waals surface area contributed by atoms with Crippen LogP contribution in [0.25, 0.3) is 5.69 Å². The molecule has 1 unspecified atom stereocenters. The fraction of sp³-hybridized carbons (Fsp3) is 0.167. The summed E-state index contributed by atoms with van der Waals surface area (Å²) in [7, 11) is 1.57. The van der Waals surface area contributed by atoms with E-state index in [9.17, 15) is 4.79 Å². The molecule has 1 heterocycles. The van der Waals surface area contributed by atoms with Gasteiger partial charge in [-0.3, -0.25) is 9.36 Å². The molecule has 6 nitrogen and oxygen atoms in total. The predicted molar refractivity (Wildman–Crippen MR) is 103 cm³/mol. The van der Waals surface area contributed by atoms with E-state index in [1.54, 1.807) is 36.2 Å². The van der Waals surface area contributed by atoms with Crippen molar-refractivity contribution < 1.29 is 9.53 Å². The number of rotatable bonds is 6. The number of carbonyl (C=O) groups excluding carboxylic acids is 1. The molecular weight excluding hydrogens is 372 g/mol. The zero-order valence-corrected chi connectivity index (χ0v) is 15.8. The molecule has 0 saturated carbocycles. The summed E-state index contributed by atoms with van der Waals surface area (Å²) in [4.78, 5) is 12.5. The summed E-state index contributed by atoms with van der Waals surface area (Å²) in [6, 6.07) is 14.6. The van der Waals surface area contributed by atoms with Crippen LogP contribution in [-0.4, -0.2) is 33.0 Å². The maximum atomic E-state index is 12.5. The van der Waals surface area contributed by atoms with E-state index in [0.717, 1.165) is 5.69 Å². The molecule has 1 amide bonds. The molecule has 0 saturated heterocycles. The summed E-state index contributed by atoms with van der Waals surface area (Å²) in [5.74, 6) is 0.459. The van der Waals surface area contributed by atoms with E-state index in [0.29, 0.717) is 21.6 Å². The average Bonchev–Trinajstić information content (AvgIpc) is 3.10. The minimum Gasteiger partial charge on any atom is -0.495 e. The first-order valence-electron chi connectivity index (χ1n) is 7.85. The smallest absolute Gasteiger partial charge is 0.237 e. The van der Waals surface area contributed by atoms with Crippen molar-refractivity contribution in [3.05, 3.63) is 59.9 Å². The predicted octanol–water partition coefficient (Wildman–Crippen LogP) is 4.05. The molecule has 0 aliphatic carbocycles. The maximum absolute atomic E-state index is 12.5. The summed E-state index contributed by atoms with van der Waals surface area (Å²) in [6.07, 6.45) is 1.60. The van der Waals surface area contributed by atoms with E-state index in [1.165, 1.54) is 11.8 Å². The van der Waals surface area contributed by atoms with Gasteiger partial charge in [0, 0.05) is 5.02 Å².